The van der Waals surface area contributed by atoms with Gasteiger partial charge in [-0.2, -0.15) is 0 Å². The second-order valence-corrected chi connectivity index (χ2v) is 9.84. The number of benzene rings is 3. The quantitative estimate of drug-likeness (QED) is 0.309. The molecule has 1 aliphatic heterocycles. The van der Waals surface area contributed by atoms with Crippen LogP contribution in [0.4, 0.5) is 10.5 Å². The fraction of sp³-hybridized carbons (Fsp3) is 0.115. The van der Waals surface area contributed by atoms with Crippen molar-refractivity contribution in [3.05, 3.63) is 92.3 Å². The van der Waals surface area contributed by atoms with Gasteiger partial charge in [0.05, 0.1) is 22.2 Å². The van der Waals surface area contributed by atoms with Crippen molar-refractivity contribution < 1.29 is 23.9 Å². The minimum absolute atomic E-state index is 0.224. The number of amides is 3. The first kappa shape index (κ1) is 25.8. The predicted molar refractivity (Wildman–Crippen MR) is 144 cm³/mol. The van der Waals surface area contributed by atoms with Crippen LogP contribution in [0.2, 0.25) is 5.02 Å². The Morgan fingerprint density at radius 1 is 1.08 bits per heavy atom. The van der Waals surface area contributed by atoms with Gasteiger partial charge in [-0.25, -0.2) is 0 Å². The van der Waals surface area contributed by atoms with E-state index in [0.717, 1.165) is 22.2 Å². The zero-order valence-corrected chi connectivity index (χ0v) is 22.2. The number of anilines is 1. The van der Waals surface area contributed by atoms with Crippen LogP contribution in [0.5, 0.6) is 11.5 Å². The number of nitrogens with one attached hydrogen (secondary N) is 1. The summed E-state index contributed by atoms with van der Waals surface area (Å²) >= 11 is 10.4. The van der Waals surface area contributed by atoms with E-state index in [1.807, 2.05) is 18.2 Å². The van der Waals surface area contributed by atoms with Crippen molar-refractivity contribution in [1.82, 2.24) is 4.90 Å². The van der Waals surface area contributed by atoms with Crippen LogP contribution in [0.15, 0.2) is 76.1 Å². The SMILES string of the molecule is COc1ccccc1NC(=O)CN1C(=O)S/C(=C/c2ccc(OCc3ccccc3Cl)c(Br)c2)C1=O. The van der Waals surface area contributed by atoms with Gasteiger partial charge in [-0.3, -0.25) is 19.3 Å². The van der Waals surface area contributed by atoms with Gasteiger partial charge in [0.15, 0.2) is 0 Å². The van der Waals surface area contributed by atoms with Crippen LogP contribution >= 0.6 is 39.3 Å². The van der Waals surface area contributed by atoms with Gasteiger partial charge in [0.25, 0.3) is 11.1 Å². The van der Waals surface area contributed by atoms with Crippen molar-refractivity contribution in [3.8, 4) is 11.5 Å². The fourth-order valence-corrected chi connectivity index (χ4v) is 4.90. The molecule has 1 N–H and O–H groups in total. The Kier molecular flexibility index (Phi) is 8.35. The molecule has 36 heavy (non-hydrogen) atoms. The molecule has 1 fully saturated rings. The molecule has 0 spiro atoms. The number of thioether (sulfide) groups is 1. The average Bonchev–Trinajstić information content (AvgIpc) is 3.12. The first-order valence-electron chi connectivity index (χ1n) is 10.7. The topological polar surface area (TPSA) is 84.9 Å². The highest BCUT2D eigenvalue weighted by Crippen LogP contribution is 2.34. The molecule has 0 unspecified atom stereocenters. The number of halogens is 2. The molecule has 3 aromatic rings. The number of hydrogen-bond donors (Lipinski definition) is 1. The van der Waals surface area contributed by atoms with Crippen LogP contribution in [0.1, 0.15) is 11.1 Å². The smallest absolute Gasteiger partial charge is 0.294 e. The standard InChI is InChI=1S/C26H20BrClN2O5S/c1-34-22-9-5-4-8-20(22)29-24(31)14-30-25(32)23(36-26(30)33)13-16-10-11-21(18(27)12-16)35-15-17-6-2-3-7-19(17)28/h2-13H,14-15H2,1H3,(H,29,31)/b23-13+. The summed E-state index contributed by atoms with van der Waals surface area (Å²) in [6.45, 7) is -0.105. The molecule has 184 valence electrons. The Morgan fingerprint density at radius 3 is 2.58 bits per heavy atom. The molecule has 1 aliphatic rings. The highest BCUT2D eigenvalue weighted by atomic mass is 79.9. The molecule has 0 aromatic heterocycles. The number of carbonyl (C=O) groups is 3. The van der Waals surface area contributed by atoms with Crippen LogP contribution in [-0.4, -0.2) is 35.6 Å². The Balaban J connectivity index is 1.41. The summed E-state index contributed by atoms with van der Waals surface area (Å²) in [6.07, 6.45) is 1.60. The molecule has 10 heteroatoms. The molecule has 0 saturated carbocycles. The van der Waals surface area contributed by atoms with E-state index >= 15 is 0 Å². The normalized spacial score (nSPS) is 14.3. The first-order chi connectivity index (χ1) is 17.4. The molecular formula is C26H20BrClN2O5S. The minimum Gasteiger partial charge on any atom is -0.495 e. The third-order valence-corrected chi connectivity index (χ3v) is 7.05. The van der Waals surface area contributed by atoms with E-state index in [1.54, 1.807) is 54.6 Å². The van der Waals surface area contributed by atoms with Gasteiger partial charge < -0.3 is 14.8 Å². The maximum absolute atomic E-state index is 12.8. The average molecular weight is 588 g/mol. The molecule has 7 nitrogen and oxygen atoms in total. The Labute approximate surface area is 225 Å². The highest BCUT2D eigenvalue weighted by Gasteiger charge is 2.36. The van der Waals surface area contributed by atoms with E-state index in [4.69, 9.17) is 21.1 Å². The molecule has 0 atom stereocenters. The fourth-order valence-electron chi connectivity index (χ4n) is 3.36. The van der Waals surface area contributed by atoms with E-state index in [1.165, 1.54) is 7.11 Å². The maximum Gasteiger partial charge on any atom is 0.294 e. The van der Waals surface area contributed by atoms with E-state index in [0.29, 0.717) is 38.9 Å². The van der Waals surface area contributed by atoms with Gasteiger partial charge in [-0.1, -0.05) is 48.0 Å². The summed E-state index contributed by atoms with van der Waals surface area (Å²) in [7, 11) is 1.49. The van der Waals surface area contributed by atoms with E-state index in [-0.39, 0.29) is 4.91 Å². The summed E-state index contributed by atoms with van der Waals surface area (Å²) in [4.78, 5) is 38.9. The number of rotatable bonds is 8. The van der Waals surface area contributed by atoms with Crippen LogP contribution in [0.3, 0.4) is 0 Å². The molecule has 3 aromatic carbocycles. The lowest BCUT2D eigenvalue weighted by atomic mass is 10.2. The summed E-state index contributed by atoms with van der Waals surface area (Å²) < 4.78 is 11.7. The van der Waals surface area contributed by atoms with E-state index in [9.17, 15) is 14.4 Å². The lowest BCUT2D eigenvalue weighted by molar-refractivity contribution is -0.127. The third-order valence-electron chi connectivity index (χ3n) is 5.15. The number of methoxy groups -OCH3 is 1. The summed E-state index contributed by atoms with van der Waals surface area (Å²) in [6, 6.07) is 19.6. The first-order valence-corrected chi connectivity index (χ1v) is 12.7. The summed E-state index contributed by atoms with van der Waals surface area (Å²) in [5.41, 5.74) is 2.00. The molecule has 0 aliphatic carbocycles. The second-order valence-electron chi connectivity index (χ2n) is 7.59. The molecule has 3 amide bonds. The maximum atomic E-state index is 12.8. The Bertz CT molecular complexity index is 1360. The van der Waals surface area contributed by atoms with Gasteiger partial charge in [0.1, 0.15) is 24.7 Å². The number of carbonyl (C=O) groups excluding carboxylic acids is 3. The number of para-hydroxylation sites is 2. The zero-order chi connectivity index (χ0) is 25.7. The van der Waals surface area contributed by atoms with Gasteiger partial charge in [-0.15, -0.1) is 0 Å². The second kappa shape index (κ2) is 11.6. The van der Waals surface area contributed by atoms with Crippen molar-refractivity contribution in [1.29, 1.82) is 0 Å². The molecule has 0 radical (unpaired) electrons. The molecular weight excluding hydrogens is 568 g/mol. The number of hydrogen-bond acceptors (Lipinski definition) is 6. The number of nitrogens with zero attached hydrogens (tertiary/aromatic N) is 1. The largest absolute Gasteiger partial charge is 0.495 e. The van der Waals surface area contributed by atoms with E-state index in [2.05, 4.69) is 21.2 Å². The van der Waals surface area contributed by atoms with Crippen LogP contribution in [-0.2, 0) is 16.2 Å². The van der Waals surface area contributed by atoms with Gasteiger partial charge >= 0.3 is 0 Å². The van der Waals surface area contributed by atoms with Crippen LogP contribution < -0.4 is 14.8 Å². The van der Waals surface area contributed by atoms with Crippen molar-refractivity contribution in [2.75, 3.05) is 19.0 Å². The van der Waals surface area contributed by atoms with Crippen molar-refractivity contribution in [2.45, 2.75) is 6.61 Å². The predicted octanol–water partition coefficient (Wildman–Crippen LogP) is 6.37. The number of imide groups is 1. The van der Waals surface area contributed by atoms with Gasteiger partial charge in [-0.05, 0) is 69.7 Å². The van der Waals surface area contributed by atoms with Crippen LogP contribution in [0, 0.1) is 0 Å². The lowest BCUT2D eigenvalue weighted by Gasteiger charge is -2.14. The minimum atomic E-state index is -0.532. The number of ether oxygens (including phenoxy) is 2. The zero-order valence-electron chi connectivity index (χ0n) is 19.0. The van der Waals surface area contributed by atoms with Gasteiger partial charge in [0.2, 0.25) is 5.91 Å². The molecule has 1 saturated heterocycles. The lowest BCUT2D eigenvalue weighted by Crippen LogP contribution is -2.36. The monoisotopic (exact) mass is 586 g/mol. The van der Waals surface area contributed by atoms with Crippen molar-refractivity contribution in [2.24, 2.45) is 0 Å². The Hall–Kier alpha value is -3.27. The molecule has 0 bridgehead atoms. The van der Waals surface area contributed by atoms with Crippen molar-refractivity contribution in [3.63, 3.8) is 0 Å². The molecule has 4 rings (SSSR count). The summed E-state index contributed by atoms with van der Waals surface area (Å²) in [5, 5.41) is 2.78. The van der Waals surface area contributed by atoms with Crippen molar-refractivity contribution >= 4 is 68.1 Å². The molecule has 1 heterocycles. The van der Waals surface area contributed by atoms with Gasteiger partial charge in [0, 0.05) is 10.6 Å². The Morgan fingerprint density at radius 2 is 1.83 bits per heavy atom. The van der Waals surface area contributed by atoms with Crippen LogP contribution in [0.25, 0.3) is 6.08 Å². The van der Waals surface area contributed by atoms with E-state index < -0.39 is 23.6 Å². The summed E-state index contributed by atoms with van der Waals surface area (Å²) in [5.74, 6) is 0.0408. The highest BCUT2D eigenvalue weighted by molar-refractivity contribution is 9.10. The third kappa shape index (κ3) is 6.10.